The number of methoxy groups -OCH3 is 1. The highest BCUT2D eigenvalue weighted by atomic mass is 16.5. The Kier molecular flexibility index (Phi) is 5.36. The number of ether oxygens (including phenoxy) is 1. The van der Waals surface area contributed by atoms with Crippen LogP contribution in [0.1, 0.15) is 30.9 Å². The molecule has 0 aliphatic rings. The molecule has 1 aromatic rings. The molecular weight excluding hydrogens is 240 g/mol. The second-order valence-electron chi connectivity index (χ2n) is 5.01. The van der Waals surface area contributed by atoms with Gasteiger partial charge in [0.2, 0.25) is 5.91 Å². The van der Waals surface area contributed by atoms with E-state index in [4.69, 9.17) is 10.5 Å². The maximum Gasteiger partial charge on any atom is 0.226 e. The van der Waals surface area contributed by atoms with E-state index in [0.29, 0.717) is 12.8 Å². The van der Waals surface area contributed by atoms with Crippen LogP contribution in [0, 0.1) is 13.8 Å². The summed E-state index contributed by atoms with van der Waals surface area (Å²) in [5, 5.41) is 0. The SMILES string of the molecule is COc1ccc(N(C)C(=O)CCC(C)N)c(C)c1C. The van der Waals surface area contributed by atoms with Gasteiger partial charge < -0.3 is 15.4 Å². The van der Waals surface area contributed by atoms with E-state index in [9.17, 15) is 4.79 Å². The first kappa shape index (κ1) is 15.5. The molecular formula is C15H24N2O2. The molecule has 2 N–H and O–H groups in total. The third kappa shape index (κ3) is 3.70. The minimum Gasteiger partial charge on any atom is -0.496 e. The normalized spacial score (nSPS) is 12.1. The Balaban J connectivity index is 2.91. The Bertz CT molecular complexity index is 456. The summed E-state index contributed by atoms with van der Waals surface area (Å²) in [6.45, 7) is 5.91. The minimum atomic E-state index is 0.0519. The highest BCUT2D eigenvalue weighted by Gasteiger charge is 2.15. The molecule has 4 nitrogen and oxygen atoms in total. The summed E-state index contributed by atoms with van der Waals surface area (Å²) >= 11 is 0. The van der Waals surface area contributed by atoms with Crippen molar-refractivity contribution in [2.24, 2.45) is 5.73 Å². The fourth-order valence-corrected chi connectivity index (χ4v) is 2.02. The quantitative estimate of drug-likeness (QED) is 0.888. The Morgan fingerprint density at radius 1 is 1.37 bits per heavy atom. The molecule has 1 unspecified atom stereocenters. The second-order valence-corrected chi connectivity index (χ2v) is 5.01. The summed E-state index contributed by atoms with van der Waals surface area (Å²) in [4.78, 5) is 13.8. The van der Waals surface area contributed by atoms with E-state index < -0.39 is 0 Å². The number of carbonyl (C=O) groups excluding carboxylic acids is 1. The lowest BCUT2D eigenvalue weighted by atomic mass is 10.1. The van der Waals surface area contributed by atoms with Crippen molar-refractivity contribution < 1.29 is 9.53 Å². The maximum absolute atomic E-state index is 12.1. The molecule has 0 saturated heterocycles. The summed E-state index contributed by atoms with van der Waals surface area (Å²) < 4.78 is 5.28. The Morgan fingerprint density at radius 2 is 2.00 bits per heavy atom. The van der Waals surface area contributed by atoms with Gasteiger partial charge in [0.1, 0.15) is 5.75 Å². The van der Waals surface area contributed by atoms with Gasteiger partial charge in [0.25, 0.3) is 0 Å². The lowest BCUT2D eigenvalue weighted by molar-refractivity contribution is -0.118. The molecule has 0 radical (unpaired) electrons. The Labute approximate surface area is 115 Å². The molecule has 19 heavy (non-hydrogen) atoms. The number of amides is 1. The van der Waals surface area contributed by atoms with Gasteiger partial charge >= 0.3 is 0 Å². The number of carbonyl (C=O) groups is 1. The van der Waals surface area contributed by atoms with Crippen LogP contribution in [0.2, 0.25) is 0 Å². The van der Waals surface area contributed by atoms with Gasteiger partial charge in [-0.1, -0.05) is 0 Å². The van der Waals surface area contributed by atoms with Gasteiger partial charge in [0.15, 0.2) is 0 Å². The van der Waals surface area contributed by atoms with E-state index in [1.165, 1.54) is 0 Å². The molecule has 0 aliphatic heterocycles. The number of anilines is 1. The fraction of sp³-hybridized carbons (Fsp3) is 0.533. The van der Waals surface area contributed by atoms with Crippen LogP contribution >= 0.6 is 0 Å². The van der Waals surface area contributed by atoms with Crippen molar-refractivity contribution in [3.8, 4) is 5.75 Å². The summed E-state index contributed by atoms with van der Waals surface area (Å²) in [5.41, 5.74) is 8.74. The highest BCUT2D eigenvalue weighted by Crippen LogP contribution is 2.29. The van der Waals surface area contributed by atoms with Crippen molar-refractivity contribution in [2.45, 2.75) is 39.7 Å². The van der Waals surface area contributed by atoms with Gasteiger partial charge in [0.05, 0.1) is 7.11 Å². The molecule has 1 rings (SSSR count). The monoisotopic (exact) mass is 264 g/mol. The van der Waals surface area contributed by atoms with E-state index >= 15 is 0 Å². The summed E-state index contributed by atoms with van der Waals surface area (Å²) in [7, 11) is 3.46. The molecule has 4 heteroatoms. The maximum atomic E-state index is 12.1. The van der Waals surface area contributed by atoms with Gasteiger partial charge in [-0.3, -0.25) is 4.79 Å². The van der Waals surface area contributed by atoms with Gasteiger partial charge in [-0.2, -0.15) is 0 Å². The van der Waals surface area contributed by atoms with E-state index in [-0.39, 0.29) is 11.9 Å². The first-order chi connectivity index (χ1) is 8.88. The predicted molar refractivity (Wildman–Crippen MR) is 78.8 cm³/mol. The number of nitrogens with two attached hydrogens (primary N) is 1. The van der Waals surface area contributed by atoms with Crippen LogP contribution in [-0.4, -0.2) is 26.1 Å². The largest absolute Gasteiger partial charge is 0.496 e. The first-order valence-corrected chi connectivity index (χ1v) is 6.54. The Hall–Kier alpha value is -1.55. The standard InChI is InChI=1S/C15H24N2O2/c1-10(16)6-9-15(18)17(4)13-7-8-14(19-5)12(3)11(13)2/h7-8,10H,6,9,16H2,1-5H3. The zero-order chi connectivity index (χ0) is 14.6. The second kappa shape index (κ2) is 6.57. The smallest absolute Gasteiger partial charge is 0.226 e. The third-order valence-corrected chi connectivity index (χ3v) is 3.48. The van der Waals surface area contributed by atoms with E-state index in [1.807, 2.05) is 32.9 Å². The van der Waals surface area contributed by atoms with Crippen molar-refractivity contribution in [1.29, 1.82) is 0 Å². The van der Waals surface area contributed by atoms with Crippen molar-refractivity contribution >= 4 is 11.6 Å². The molecule has 106 valence electrons. The van der Waals surface area contributed by atoms with Gasteiger partial charge in [-0.15, -0.1) is 0 Å². The molecule has 0 heterocycles. The van der Waals surface area contributed by atoms with Crippen LogP contribution in [0.3, 0.4) is 0 Å². The minimum absolute atomic E-state index is 0.0519. The van der Waals surface area contributed by atoms with Crippen LogP contribution in [-0.2, 0) is 4.79 Å². The molecule has 0 spiro atoms. The number of hydrogen-bond donors (Lipinski definition) is 1. The van der Waals surface area contributed by atoms with Gasteiger partial charge in [-0.25, -0.2) is 0 Å². The zero-order valence-electron chi connectivity index (χ0n) is 12.5. The molecule has 0 saturated carbocycles. The van der Waals surface area contributed by atoms with E-state index in [1.54, 1.807) is 19.1 Å². The van der Waals surface area contributed by atoms with Gasteiger partial charge in [0, 0.05) is 25.2 Å². The van der Waals surface area contributed by atoms with E-state index in [2.05, 4.69) is 0 Å². The summed E-state index contributed by atoms with van der Waals surface area (Å²) in [5.74, 6) is 0.933. The Morgan fingerprint density at radius 3 is 2.53 bits per heavy atom. The lowest BCUT2D eigenvalue weighted by Crippen LogP contribution is -2.28. The average Bonchev–Trinajstić information content (AvgIpc) is 2.38. The number of rotatable bonds is 5. The van der Waals surface area contributed by atoms with Crippen LogP contribution < -0.4 is 15.4 Å². The van der Waals surface area contributed by atoms with Crippen molar-refractivity contribution in [3.05, 3.63) is 23.3 Å². The molecule has 1 aromatic carbocycles. The third-order valence-electron chi connectivity index (χ3n) is 3.48. The number of hydrogen-bond acceptors (Lipinski definition) is 3. The van der Waals surface area contributed by atoms with Crippen molar-refractivity contribution in [1.82, 2.24) is 0 Å². The van der Waals surface area contributed by atoms with Crippen molar-refractivity contribution in [2.75, 3.05) is 19.1 Å². The average molecular weight is 264 g/mol. The lowest BCUT2D eigenvalue weighted by Gasteiger charge is -2.22. The molecule has 1 atom stereocenters. The zero-order valence-corrected chi connectivity index (χ0v) is 12.5. The van der Waals surface area contributed by atoms with Gasteiger partial charge in [-0.05, 0) is 50.5 Å². The summed E-state index contributed by atoms with van der Waals surface area (Å²) in [6.07, 6.45) is 1.18. The summed E-state index contributed by atoms with van der Waals surface area (Å²) in [6, 6.07) is 3.87. The first-order valence-electron chi connectivity index (χ1n) is 6.54. The van der Waals surface area contributed by atoms with Crippen molar-refractivity contribution in [3.63, 3.8) is 0 Å². The van der Waals surface area contributed by atoms with Crippen LogP contribution in [0.15, 0.2) is 12.1 Å². The molecule has 0 aromatic heterocycles. The molecule has 0 fully saturated rings. The highest BCUT2D eigenvalue weighted by molar-refractivity contribution is 5.93. The number of nitrogens with zero attached hydrogens (tertiary/aromatic N) is 1. The van der Waals surface area contributed by atoms with Crippen LogP contribution in [0.25, 0.3) is 0 Å². The molecule has 1 amide bonds. The molecule has 0 aliphatic carbocycles. The topological polar surface area (TPSA) is 55.6 Å². The van der Waals surface area contributed by atoms with Crippen LogP contribution in [0.4, 0.5) is 5.69 Å². The van der Waals surface area contributed by atoms with E-state index in [0.717, 1.165) is 22.6 Å². The van der Waals surface area contributed by atoms with Crippen LogP contribution in [0.5, 0.6) is 5.75 Å². The number of benzene rings is 1. The predicted octanol–water partition coefficient (Wildman–Crippen LogP) is 2.40. The fourth-order valence-electron chi connectivity index (χ4n) is 2.02. The molecule has 0 bridgehead atoms.